The molecule has 0 amide bonds. The van der Waals surface area contributed by atoms with Gasteiger partial charge in [0.25, 0.3) is 0 Å². The van der Waals surface area contributed by atoms with Crippen molar-refractivity contribution in [3.05, 3.63) is 34.6 Å². The Morgan fingerprint density at radius 2 is 1.12 bits per heavy atom. The van der Waals surface area contributed by atoms with Crippen LogP contribution in [0.2, 0.25) is 0 Å². The van der Waals surface area contributed by atoms with Gasteiger partial charge in [-0.05, 0) is 0 Å². The average molecular weight is 266 g/mol. The minimum atomic E-state index is -2.29. The highest BCUT2D eigenvalue weighted by Crippen LogP contribution is 2.26. The lowest BCUT2D eigenvalue weighted by molar-refractivity contribution is 0.350. The minimum absolute atomic E-state index is 0. The molecule has 0 saturated heterocycles. The van der Waals surface area contributed by atoms with Crippen LogP contribution in [0.5, 0.6) is 0 Å². The van der Waals surface area contributed by atoms with E-state index in [-0.39, 0.29) is 12.4 Å². The minimum Gasteiger partial charge on any atom is -0.322 e. The van der Waals surface area contributed by atoms with E-state index < -0.39 is 47.4 Å². The zero-order chi connectivity index (χ0) is 11.7. The van der Waals surface area contributed by atoms with Crippen molar-refractivity contribution in [1.29, 1.82) is 0 Å². The van der Waals surface area contributed by atoms with Crippen LogP contribution in [0.3, 0.4) is 0 Å². The van der Waals surface area contributed by atoms with Gasteiger partial charge in [-0.3, -0.25) is 0 Å². The highest BCUT2D eigenvalue weighted by molar-refractivity contribution is 5.85. The standard InChI is InChI=1S/C8H5F6N.ClH/c9-1-2(15)3-4(10)6(12)8(14)7(13)5(3)11;/h2H,1,15H2;1H/t2-;/m0./s1. The van der Waals surface area contributed by atoms with Crippen LogP contribution in [-0.4, -0.2) is 6.67 Å². The summed E-state index contributed by atoms with van der Waals surface area (Å²) in [5, 5.41) is 0. The van der Waals surface area contributed by atoms with Gasteiger partial charge in [0, 0.05) is 5.56 Å². The zero-order valence-electron chi connectivity index (χ0n) is 7.54. The molecule has 1 aromatic carbocycles. The second-order valence-corrected chi connectivity index (χ2v) is 2.74. The Morgan fingerprint density at radius 3 is 1.44 bits per heavy atom. The molecule has 1 aromatic rings. The summed E-state index contributed by atoms with van der Waals surface area (Å²) in [6, 6.07) is -1.88. The second-order valence-electron chi connectivity index (χ2n) is 2.74. The van der Waals surface area contributed by atoms with E-state index in [1.807, 2.05) is 0 Å². The molecular formula is C8H6ClF6N. The lowest BCUT2D eigenvalue weighted by Crippen LogP contribution is -2.19. The smallest absolute Gasteiger partial charge is 0.200 e. The lowest BCUT2D eigenvalue weighted by Gasteiger charge is -2.11. The fraction of sp³-hybridized carbons (Fsp3) is 0.250. The lowest BCUT2D eigenvalue weighted by atomic mass is 10.1. The van der Waals surface area contributed by atoms with Crippen molar-refractivity contribution in [2.24, 2.45) is 5.73 Å². The second kappa shape index (κ2) is 5.40. The third kappa shape index (κ3) is 2.25. The number of nitrogens with two attached hydrogens (primary N) is 1. The van der Waals surface area contributed by atoms with Crippen molar-refractivity contribution >= 4 is 12.4 Å². The van der Waals surface area contributed by atoms with E-state index >= 15 is 0 Å². The maximum absolute atomic E-state index is 12.9. The maximum atomic E-state index is 12.9. The van der Waals surface area contributed by atoms with E-state index in [4.69, 9.17) is 5.73 Å². The molecule has 2 N–H and O–H groups in total. The number of hydrogen-bond donors (Lipinski definition) is 1. The van der Waals surface area contributed by atoms with Crippen LogP contribution in [-0.2, 0) is 0 Å². The number of alkyl halides is 1. The van der Waals surface area contributed by atoms with Gasteiger partial charge in [0.2, 0.25) is 5.82 Å². The van der Waals surface area contributed by atoms with Crippen molar-refractivity contribution in [2.75, 3.05) is 6.67 Å². The number of benzene rings is 1. The van der Waals surface area contributed by atoms with Crippen molar-refractivity contribution in [3.63, 3.8) is 0 Å². The van der Waals surface area contributed by atoms with Gasteiger partial charge in [0.15, 0.2) is 23.3 Å². The number of rotatable bonds is 2. The van der Waals surface area contributed by atoms with Crippen LogP contribution in [0.1, 0.15) is 11.6 Å². The van der Waals surface area contributed by atoms with Gasteiger partial charge in [0.05, 0.1) is 6.04 Å². The van der Waals surface area contributed by atoms with Crippen LogP contribution in [0.4, 0.5) is 26.3 Å². The maximum Gasteiger partial charge on any atom is 0.200 e. The molecule has 0 spiro atoms. The molecule has 0 saturated carbocycles. The summed E-state index contributed by atoms with van der Waals surface area (Å²) in [7, 11) is 0. The molecule has 92 valence electrons. The van der Waals surface area contributed by atoms with E-state index in [0.29, 0.717) is 0 Å². The topological polar surface area (TPSA) is 26.0 Å². The van der Waals surface area contributed by atoms with E-state index in [0.717, 1.165) is 0 Å². The van der Waals surface area contributed by atoms with E-state index in [2.05, 4.69) is 0 Å². The van der Waals surface area contributed by atoms with E-state index in [1.165, 1.54) is 0 Å². The summed E-state index contributed by atoms with van der Waals surface area (Å²) in [5.41, 5.74) is 3.53. The third-order valence-electron chi connectivity index (χ3n) is 1.78. The first-order valence-corrected chi connectivity index (χ1v) is 3.74. The van der Waals surface area contributed by atoms with Crippen molar-refractivity contribution in [1.82, 2.24) is 0 Å². The number of hydrogen-bond acceptors (Lipinski definition) is 1. The van der Waals surface area contributed by atoms with Crippen molar-refractivity contribution in [3.8, 4) is 0 Å². The quantitative estimate of drug-likeness (QED) is 0.497. The molecule has 16 heavy (non-hydrogen) atoms. The summed E-state index contributed by atoms with van der Waals surface area (Å²) in [6.07, 6.45) is 0. The fourth-order valence-corrected chi connectivity index (χ4v) is 1.02. The molecule has 1 rings (SSSR count). The molecule has 0 aromatic heterocycles. The third-order valence-corrected chi connectivity index (χ3v) is 1.78. The van der Waals surface area contributed by atoms with Gasteiger partial charge in [-0.25, -0.2) is 26.3 Å². The first-order chi connectivity index (χ1) is 6.91. The summed E-state index contributed by atoms with van der Waals surface area (Å²) < 4.78 is 75.4. The van der Waals surface area contributed by atoms with Crippen LogP contribution < -0.4 is 5.73 Å². The summed E-state index contributed by atoms with van der Waals surface area (Å²) >= 11 is 0. The Balaban J connectivity index is 0.00000225. The highest BCUT2D eigenvalue weighted by Gasteiger charge is 2.28. The molecule has 8 heteroatoms. The van der Waals surface area contributed by atoms with E-state index in [1.54, 1.807) is 0 Å². The fourth-order valence-electron chi connectivity index (χ4n) is 1.02. The molecule has 0 unspecified atom stereocenters. The Morgan fingerprint density at radius 1 is 0.812 bits per heavy atom. The molecule has 0 bridgehead atoms. The van der Waals surface area contributed by atoms with Gasteiger partial charge in [-0.1, -0.05) is 0 Å². The van der Waals surface area contributed by atoms with E-state index in [9.17, 15) is 26.3 Å². The van der Waals surface area contributed by atoms with Gasteiger partial charge < -0.3 is 5.73 Å². The Kier molecular flexibility index (Phi) is 5.08. The van der Waals surface area contributed by atoms with Crippen molar-refractivity contribution in [2.45, 2.75) is 6.04 Å². The predicted octanol–water partition coefficient (Wildman–Crippen LogP) is 2.77. The summed E-state index contributed by atoms with van der Waals surface area (Å²) in [4.78, 5) is 0. The van der Waals surface area contributed by atoms with Crippen LogP contribution in [0, 0.1) is 29.1 Å². The van der Waals surface area contributed by atoms with Crippen molar-refractivity contribution < 1.29 is 26.3 Å². The normalized spacial score (nSPS) is 12.2. The largest absolute Gasteiger partial charge is 0.322 e. The van der Waals surface area contributed by atoms with Crippen LogP contribution in [0.15, 0.2) is 0 Å². The molecule has 1 atom stereocenters. The molecule has 0 aliphatic rings. The monoisotopic (exact) mass is 265 g/mol. The highest BCUT2D eigenvalue weighted by atomic mass is 35.5. The van der Waals surface area contributed by atoms with Gasteiger partial charge in [0.1, 0.15) is 6.67 Å². The van der Waals surface area contributed by atoms with Crippen LogP contribution >= 0.6 is 12.4 Å². The molecule has 0 radical (unpaired) electrons. The molecule has 0 aliphatic carbocycles. The molecule has 1 nitrogen and oxygen atoms in total. The Bertz CT molecular complexity index is 368. The summed E-state index contributed by atoms with van der Waals surface area (Å²) in [6.45, 7) is -1.43. The first kappa shape index (κ1) is 15.0. The molecule has 0 fully saturated rings. The van der Waals surface area contributed by atoms with Gasteiger partial charge in [-0.15, -0.1) is 12.4 Å². The van der Waals surface area contributed by atoms with Gasteiger partial charge in [-0.2, -0.15) is 0 Å². The Labute approximate surface area is 92.6 Å². The van der Waals surface area contributed by atoms with Crippen LogP contribution in [0.25, 0.3) is 0 Å². The summed E-state index contributed by atoms with van der Waals surface area (Å²) in [5.74, 6) is -10.8. The zero-order valence-corrected chi connectivity index (χ0v) is 8.35. The molecular weight excluding hydrogens is 260 g/mol. The average Bonchev–Trinajstić information content (AvgIpc) is 2.23. The molecule has 0 heterocycles. The number of halogens is 7. The Hall–Kier alpha value is -0.950. The van der Waals surface area contributed by atoms with Gasteiger partial charge >= 0.3 is 0 Å². The predicted molar refractivity (Wildman–Crippen MR) is 46.4 cm³/mol. The molecule has 0 aliphatic heterocycles. The SMILES string of the molecule is Cl.N[C@@H](CF)c1c(F)c(F)c(F)c(F)c1F. The first-order valence-electron chi connectivity index (χ1n) is 3.74.